The maximum atomic E-state index is 2.58. The zero-order valence-corrected chi connectivity index (χ0v) is 17.1. The molecule has 25 heavy (non-hydrogen) atoms. The topological polar surface area (TPSA) is 0 Å². The Hall–Kier alpha value is -1.04. The molecule has 1 fully saturated rings. The Morgan fingerprint density at radius 3 is 2.28 bits per heavy atom. The van der Waals surface area contributed by atoms with Crippen LogP contribution in [0.3, 0.4) is 0 Å². The average molecular weight is 339 g/mol. The summed E-state index contributed by atoms with van der Waals surface area (Å²) < 4.78 is 0. The van der Waals surface area contributed by atoms with E-state index in [0.29, 0.717) is 0 Å². The molecule has 1 aromatic rings. The summed E-state index contributed by atoms with van der Waals surface area (Å²) in [7, 11) is 0. The smallest absolute Gasteiger partial charge is 0.00890 e. The van der Waals surface area contributed by atoms with E-state index in [0.717, 1.165) is 5.92 Å². The van der Waals surface area contributed by atoms with Crippen LogP contribution in [0.4, 0.5) is 0 Å². The third kappa shape index (κ3) is 3.74. The van der Waals surface area contributed by atoms with E-state index >= 15 is 0 Å². The van der Waals surface area contributed by atoms with Gasteiger partial charge in [0, 0.05) is 0 Å². The fourth-order valence-corrected chi connectivity index (χ4v) is 5.55. The Labute approximate surface area is 156 Å². The molecule has 0 radical (unpaired) electrons. The van der Waals surface area contributed by atoms with E-state index in [1.807, 2.05) is 5.56 Å². The van der Waals surface area contributed by atoms with E-state index < -0.39 is 0 Å². The highest BCUT2D eigenvalue weighted by atomic mass is 14.3. The van der Waals surface area contributed by atoms with E-state index in [1.54, 1.807) is 33.4 Å². The zero-order chi connectivity index (χ0) is 17.8. The first kappa shape index (κ1) is 18.7. The molecule has 0 heterocycles. The van der Waals surface area contributed by atoms with E-state index in [9.17, 15) is 0 Å². The maximum Gasteiger partial charge on any atom is -0.00890 e. The van der Waals surface area contributed by atoms with Crippen molar-refractivity contribution in [3.8, 4) is 0 Å². The Bertz CT molecular complexity index is 626. The lowest BCUT2D eigenvalue weighted by Crippen LogP contribution is -2.16. The molecule has 1 aromatic carbocycles. The molecule has 138 valence electrons. The van der Waals surface area contributed by atoms with Gasteiger partial charge in [-0.15, -0.1) is 0 Å². The highest BCUT2D eigenvalue weighted by molar-refractivity contribution is 5.55. The van der Waals surface area contributed by atoms with Crippen molar-refractivity contribution in [3.63, 3.8) is 0 Å². The van der Waals surface area contributed by atoms with Crippen molar-refractivity contribution < 1.29 is 0 Å². The SMILES string of the molecule is CCCc1c(C)c2c(c(C3CCCCC3)c1CC)CC=C(CC)CC2. The van der Waals surface area contributed by atoms with Crippen LogP contribution < -0.4 is 0 Å². The minimum atomic E-state index is 0.838. The molecule has 0 saturated heterocycles. The number of hydrogen-bond donors (Lipinski definition) is 0. The molecular weight excluding hydrogens is 300 g/mol. The van der Waals surface area contributed by atoms with E-state index in [2.05, 4.69) is 33.8 Å². The van der Waals surface area contributed by atoms with Crippen LogP contribution in [0.5, 0.6) is 0 Å². The monoisotopic (exact) mass is 338 g/mol. The Kier molecular flexibility index (Phi) is 6.42. The molecule has 0 aromatic heterocycles. The Morgan fingerprint density at radius 2 is 1.64 bits per heavy atom. The second-order valence-corrected chi connectivity index (χ2v) is 8.31. The normalized spacial score (nSPS) is 18.6. The standard InChI is InChI=1S/C25H38/c1-5-11-22-18(4)23-16-14-19(6-2)15-17-24(23)25(21(22)7-3)20-12-9-8-10-13-20/h15,20H,5-14,16-17H2,1-4H3. The van der Waals surface area contributed by atoms with Gasteiger partial charge in [-0.25, -0.2) is 0 Å². The van der Waals surface area contributed by atoms with Crippen molar-refractivity contribution in [2.45, 2.75) is 111 Å². The second-order valence-electron chi connectivity index (χ2n) is 8.31. The minimum Gasteiger partial charge on any atom is -0.0809 e. The van der Waals surface area contributed by atoms with E-state index in [4.69, 9.17) is 0 Å². The Morgan fingerprint density at radius 1 is 0.880 bits per heavy atom. The number of benzene rings is 1. The summed E-state index contributed by atoms with van der Waals surface area (Å²) >= 11 is 0. The lowest BCUT2D eigenvalue weighted by molar-refractivity contribution is 0.439. The van der Waals surface area contributed by atoms with Gasteiger partial charge in [0.05, 0.1) is 0 Å². The highest BCUT2D eigenvalue weighted by Crippen LogP contribution is 2.42. The second kappa shape index (κ2) is 8.56. The molecule has 0 nitrogen and oxygen atoms in total. The third-order valence-corrected chi connectivity index (χ3v) is 6.90. The predicted octanol–water partition coefficient (Wildman–Crippen LogP) is 7.38. The summed E-state index contributed by atoms with van der Waals surface area (Å²) in [5.41, 5.74) is 12.1. The van der Waals surface area contributed by atoms with Gasteiger partial charge in [0.25, 0.3) is 0 Å². The fraction of sp³-hybridized carbons (Fsp3) is 0.680. The van der Waals surface area contributed by atoms with Crippen molar-refractivity contribution in [3.05, 3.63) is 45.0 Å². The van der Waals surface area contributed by atoms with Crippen LogP contribution >= 0.6 is 0 Å². The number of hydrogen-bond acceptors (Lipinski definition) is 0. The van der Waals surface area contributed by atoms with Crippen LogP contribution in [0.1, 0.15) is 111 Å². The summed E-state index contributed by atoms with van der Waals surface area (Å²) in [6, 6.07) is 0. The van der Waals surface area contributed by atoms with Crippen molar-refractivity contribution in [1.29, 1.82) is 0 Å². The molecule has 0 aliphatic heterocycles. The summed E-state index contributed by atoms with van der Waals surface area (Å²) in [6.07, 6.45) is 18.5. The molecule has 0 spiro atoms. The molecule has 0 bridgehead atoms. The van der Waals surface area contributed by atoms with Gasteiger partial charge in [-0.05, 0) is 97.6 Å². The molecule has 0 unspecified atom stereocenters. The fourth-order valence-electron chi connectivity index (χ4n) is 5.55. The van der Waals surface area contributed by atoms with E-state index in [-0.39, 0.29) is 0 Å². The van der Waals surface area contributed by atoms with E-state index in [1.165, 1.54) is 77.0 Å². The van der Waals surface area contributed by atoms with Gasteiger partial charge in [-0.3, -0.25) is 0 Å². The van der Waals surface area contributed by atoms with Crippen LogP contribution in [0.2, 0.25) is 0 Å². The lowest BCUT2D eigenvalue weighted by atomic mass is 9.74. The molecule has 0 heteroatoms. The molecule has 2 aliphatic carbocycles. The average Bonchev–Trinajstić information content (AvgIpc) is 2.87. The highest BCUT2D eigenvalue weighted by Gasteiger charge is 2.27. The van der Waals surface area contributed by atoms with Crippen molar-refractivity contribution in [2.24, 2.45) is 0 Å². The largest absolute Gasteiger partial charge is 0.0809 e. The van der Waals surface area contributed by atoms with Crippen LogP contribution in [-0.2, 0) is 25.7 Å². The molecule has 0 atom stereocenters. The van der Waals surface area contributed by atoms with Gasteiger partial charge in [-0.1, -0.05) is 58.1 Å². The summed E-state index contributed by atoms with van der Waals surface area (Å²) in [5, 5.41) is 0. The molecular formula is C25H38. The number of allylic oxidation sites excluding steroid dienone is 2. The molecule has 2 aliphatic rings. The van der Waals surface area contributed by atoms with Gasteiger partial charge >= 0.3 is 0 Å². The van der Waals surface area contributed by atoms with Crippen LogP contribution in [0.25, 0.3) is 0 Å². The van der Waals surface area contributed by atoms with Gasteiger partial charge in [0.2, 0.25) is 0 Å². The van der Waals surface area contributed by atoms with Crippen LogP contribution in [-0.4, -0.2) is 0 Å². The first-order valence-corrected chi connectivity index (χ1v) is 11.0. The first-order valence-electron chi connectivity index (χ1n) is 11.0. The van der Waals surface area contributed by atoms with Crippen LogP contribution in [0.15, 0.2) is 11.6 Å². The maximum absolute atomic E-state index is 2.58. The quantitative estimate of drug-likeness (QED) is 0.491. The molecule has 0 N–H and O–H groups in total. The minimum absolute atomic E-state index is 0.838. The summed E-state index contributed by atoms with van der Waals surface area (Å²) in [4.78, 5) is 0. The van der Waals surface area contributed by atoms with Crippen LogP contribution in [0, 0.1) is 6.92 Å². The zero-order valence-electron chi connectivity index (χ0n) is 17.1. The Balaban J connectivity index is 2.18. The summed E-state index contributed by atoms with van der Waals surface area (Å²) in [5.74, 6) is 0.838. The number of rotatable bonds is 5. The van der Waals surface area contributed by atoms with Crippen molar-refractivity contribution >= 4 is 0 Å². The van der Waals surface area contributed by atoms with Gasteiger partial charge < -0.3 is 0 Å². The van der Waals surface area contributed by atoms with Gasteiger partial charge in [-0.2, -0.15) is 0 Å². The van der Waals surface area contributed by atoms with Crippen molar-refractivity contribution in [2.75, 3.05) is 0 Å². The number of fused-ring (bicyclic) bond motifs is 1. The summed E-state index contributed by atoms with van der Waals surface area (Å²) in [6.45, 7) is 9.51. The first-order chi connectivity index (χ1) is 12.2. The third-order valence-electron chi connectivity index (χ3n) is 6.90. The molecule has 0 amide bonds. The van der Waals surface area contributed by atoms with Crippen molar-refractivity contribution in [1.82, 2.24) is 0 Å². The lowest BCUT2D eigenvalue weighted by Gasteiger charge is -2.31. The molecule has 3 rings (SSSR count). The molecule has 1 saturated carbocycles. The van der Waals surface area contributed by atoms with Gasteiger partial charge in [0.1, 0.15) is 0 Å². The predicted molar refractivity (Wildman–Crippen MR) is 111 cm³/mol. The van der Waals surface area contributed by atoms with Gasteiger partial charge in [0.15, 0.2) is 0 Å².